The first-order chi connectivity index (χ1) is 7.09. The van der Waals surface area contributed by atoms with Crippen molar-refractivity contribution in [1.82, 2.24) is 9.38 Å². The first-order valence-corrected chi connectivity index (χ1v) is 5.35. The average molecular weight is 224 g/mol. The van der Waals surface area contributed by atoms with Crippen molar-refractivity contribution in [2.75, 3.05) is 0 Å². The Bertz CT molecular complexity index is 488. The van der Waals surface area contributed by atoms with E-state index in [4.69, 9.17) is 17.3 Å². The van der Waals surface area contributed by atoms with Crippen molar-refractivity contribution in [2.45, 2.75) is 26.3 Å². The fourth-order valence-electron chi connectivity index (χ4n) is 1.75. The highest BCUT2D eigenvalue weighted by Crippen LogP contribution is 2.19. The van der Waals surface area contributed by atoms with Crippen molar-refractivity contribution in [2.24, 2.45) is 5.73 Å². The molecule has 2 rings (SSSR count). The molecule has 2 aromatic heterocycles. The first-order valence-electron chi connectivity index (χ1n) is 4.97. The van der Waals surface area contributed by atoms with E-state index in [1.54, 1.807) is 0 Å². The van der Waals surface area contributed by atoms with Crippen LogP contribution in [0.3, 0.4) is 0 Å². The van der Waals surface area contributed by atoms with Gasteiger partial charge in [0.1, 0.15) is 11.0 Å². The van der Waals surface area contributed by atoms with Crippen LogP contribution >= 0.6 is 11.6 Å². The Hall–Kier alpha value is -1.06. The number of rotatable bonds is 2. The van der Waals surface area contributed by atoms with Crippen LogP contribution in [0.4, 0.5) is 0 Å². The molecule has 2 aromatic rings. The molecule has 0 saturated carbocycles. The maximum atomic E-state index is 6.14. The van der Waals surface area contributed by atoms with Crippen LogP contribution in [0.25, 0.3) is 5.52 Å². The number of fused-ring (bicyclic) bond motifs is 1. The van der Waals surface area contributed by atoms with E-state index in [2.05, 4.69) is 4.98 Å². The number of hydrogen-bond acceptors (Lipinski definition) is 2. The molecule has 0 saturated heterocycles. The Kier molecular flexibility index (Phi) is 2.67. The molecule has 0 amide bonds. The molecule has 0 bridgehead atoms. The standard InChI is InChI=1S/C11H14ClN3/c1-7(13)6-11-14-8(2)9-4-3-5-10(12)15(9)11/h3-5,7H,6,13H2,1-2H3. The topological polar surface area (TPSA) is 43.3 Å². The van der Waals surface area contributed by atoms with Gasteiger partial charge in [-0.2, -0.15) is 0 Å². The molecule has 2 heterocycles. The van der Waals surface area contributed by atoms with Crippen LogP contribution in [0, 0.1) is 6.92 Å². The van der Waals surface area contributed by atoms with Crippen molar-refractivity contribution < 1.29 is 0 Å². The second kappa shape index (κ2) is 3.83. The van der Waals surface area contributed by atoms with Gasteiger partial charge < -0.3 is 5.73 Å². The highest BCUT2D eigenvalue weighted by atomic mass is 35.5. The predicted molar refractivity (Wildman–Crippen MR) is 62.3 cm³/mol. The van der Waals surface area contributed by atoms with Gasteiger partial charge >= 0.3 is 0 Å². The van der Waals surface area contributed by atoms with Gasteiger partial charge in [0.15, 0.2) is 0 Å². The summed E-state index contributed by atoms with van der Waals surface area (Å²) >= 11 is 6.14. The van der Waals surface area contributed by atoms with E-state index in [1.807, 2.05) is 36.4 Å². The lowest BCUT2D eigenvalue weighted by atomic mass is 10.2. The molecule has 0 fully saturated rings. The minimum atomic E-state index is 0.0891. The van der Waals surface area contributed by atoms with Crippen molar-refractivity contribution in [3.8, 4) is 0 Å². The monoisotopic (exact) mass is 223 g/mol. The summed E-state index contributed by atoms with van der Waals surface area (Å²) in [6, 6.07) is 5.90. The third kappa shape index (κ3) is 1.85. The smallest absolute Gasteiger partial charge is 0.116 e. The van der Waals surface area contributed by atoms with Crippen LogP contribution in [0.15, 0.2) is 18.2 Å². The maximum Gasteiger partial charge on any atom is 0.116 e. The minimum Gasteiger partial charge on any atom is -0.328 e. The zero-order chi connectivity index (χ0) is 11.0. The second-order valence-corrected chi connectivity index (χ2v) is 4.25. The molecule has 4 heteroatoms. The molecule has 1 unspecified atom stereocenters. The lowest BCUT2D eigenvalue weighted by Crippen LogP contribution is -2.19. The number of aromatic nitrogens is 2. The first kappa shape index (κ1) is 10.5. The van der Waals surface area contributed by atoms with Crippen LogP contribution in [0.1, 0.15) is 18.4 Å². The zero-order valence-electron chi connectivity index (χ0n) is 8.87. The predicted octanol–water partition coefficient (Wildman–Crippen LogP) is 2.19. The quantitative estimate of drug-likeness (QED) is 0.794. The Morgan fingerprint density at radius 2 is 2.27 bits per heavy atom. The van der Waals surface area contributed by atoms with E-state index in [0.717, 1.165) is 23.5 Å². The van der Waals surface area contributed by atoms with E-state index in [-0.39, 0.29) is 6.04 Å². The fourth-order valence-corrected chi connectivity index (χ4v) is 2.01. The number of hydrogen-bond donors (Lipinski definition) is 1. The number of nitrogens with two attached hydrogens (primary N) is 1. The SMILES string of the molecule is Cc1nc(CC(C)N)n2c(Cl)cccc12. The summed E-state index contributed by atoms with van der Waals surface area (Å²) in [5, 5.41) is 0.684. The number of halogens is 1. The third-order valence-electron chi connectivity index (χ3n) is 2.37. The zero-order valence-corrected chi connectivity index (χ0v) is 9.62. The maximum absolute atomic E-state index is 6.14. The highest BCUT2D eigenvalue weighted by molar-refractivity contribution is 6.29. The molecule has 0 aliphatic carbocycles. The second-order valence-electron chi connectivity index (χ2n) is 3.86. The van der Waals surface area contributed by atoms with Gasteiger partial charge in [0.05, 0.1) is 11.2 Å². The van der Waals surface area contributed by atoms with Crippen LogP contribution in [0.5, 0.6) is 0 Å². The molecular weight excluding hydrogens is 210 g/mol. The van der Waals surface area contributed by atoms with Crippen molar-refractivity contribution in [1.29, 1.82) is 0 Å². The van der Waals surface area contributed by atoms with Gasteiger partial charge in [-0.3, -0.25) is 4.40 Å². The van der Waals surface area contributed by atoms with Gasteiger partial charge in [0.25, 0.3) is 0 Å². The van der Waals surface area contributed by atoms with Crippen LogP contribution in [0.2, 0.25) is 5.15 Å². The number of pyridine rings is 1. The molecule has 15 heavy (non-hydrogen) atoms. The lowest BCUT2D eigenvalue weighted by molar-refractivity contribution is 0.699. The van der Waals surface area contributed by atoms with Crippen LogP contribution < -0.4 is 5.73 Å². The van der Waals surface area contributed by atoms with Gasteiger partial charge in [-0.05, 0) is 26.0 Å². The average Bonchev–Trinajstić information content (AvgIpc) is 2.44. The van der Waals surface area contributed by atoms with E-state index in [0.29, 0.717) is 5.15 Å². The Labute approximate surface area is 93.9 Å². The number of imidazole rings is 1. The Balaban J connectivity index is 2.65. The van der Waals surface area contributed by atoms with Crippen molar-refractivity contribution in [3.05, 3.63) is 34.9 Å². The molecule has 0 aliphatic heterocycles. The highest BCUT2D eigenvalue weighted by Gasteiger charge is 2.11. The molecule has 80 valence electrons. The Morgan fingerprint density at radius 3 is 2.93 bits per heavy atom. The molecule has 0 radical (unpaired) electrons. The molecule has 0 spiro atoms. The summed E-state index contributed by atoms with van der Waals surface area (Å²) in [7, 11) is 0. The Morgan fingerprint density at radius 1 is 1.53 bits per heavy atom. The van der Waals surface area contributed by atoms with Crippen molar-refractivity contribution >= 4 is 17.1 Å². The number of aryl methyl sites for hydroxylation is 1. The molecule has 1 atom stereocenters. The van der Waals surface area contributed by atoms with Crippen molar-refractivity contribution in [3.63, 3.8) is 0 Å². The van der Waals surface area contributed by atoms with Gasteiger partial charge in [-0.15, -0.1) is 0 Å². The molecule has 0 aliphatic rings. The van der Waals surface area contributed by atoms with E-state index < -0.39 is 0 Å². The summed E-state index contributed by atoms with van der Waals surface area (Å²) in [5.41, 5.74) is 7.83. The molecule has 3 nitrogen and oxygen atoms in total. The van der Waals surface area contributed by atoms with Gasteiger partial charge in [-0.25, -0.2) is 4.98 Å². The number of nitrogens with zero attached hydrogens (tertiary/aromatic N) is 2. The largest absolute Gasteiger partial charge is 0.328 e. The van der Waals surface area contributed by atoms with E-state index in [1.165, 1.54) is 0 Å². The van der Waals surface area contributed by atoms with E-state index >= 15 is 0 Å². The molecule has 2 N–H and O–H groups in total. The lowest BCUT2D eigenvalue weighted by Gasteiger charge is -2.05. The minimum absolute atomic E-state index is 0.0891. The van der Waals surface area contributed by atoms with Crippen LogP contribution in [-0.2, 0) is 6.42 Å². The summed E-state index contributed by atoms with van der Waals surface area (Å²) in [4.78, 5) is 4.49. The molecule has 0 aromatic carbocycles. The van der Waals surface area contributed by atoms with Gasteiger partial charge in [0.2, 0.25) is 0 Å². The van der Waals surface area contributed by atoms with E-state index in [9.17, 15) is 0 Å². The summed E-state index contributed by atoms with van der Waals surface area (Å²) in [5.74, 6) is 0.933. The molecular formula is C11H14ClN3. The van der Waals surface area contributed by atoms with Crippen LogP contribution in [-0.4, -0.2) is 15.4 Å². The normalized spacial score (nSPS) is 13.3. The van der Waals surface area contributed by atoms with Gasteiger partial charge in [0, 0.05) is 12.5 Å². The third-order valence-corrected chi connectivity index (χ3v) is 2.67. The summed E-state index contributed by atoms with van der Waals surface area (Å²) in [6.45, 7) is 3.95. The summed E-state index contributed by atoms with van der Waals surface area (Å²) in [6.07, 6.45) is 0.735. The fraction of sp³-hybridized carbons (Fsp3) is 0.364. The van der Waals surface area contributed by atoms with Gasteiger partial charge in [-0.1, -0.05) is 17.7 Å². The summed E-state index contributed by atoms with van der Waals surface area (Å²) < 4.78 is 1.96.